The molecule has 0 aliphatic carbocycles. The van der Waals surface area contributed by atoms with Crippen molar-refractivity contribution in [1.29, 1.82) is 0 Å². The summed E-state index contributed by atoms with van der Waals surface area (Å²) in [6.07, 6.45) is 1.26. The molecule has 1 aromatic heterocycles. The summed E-state index contributed by atoms with van der Waals surface area (Å²) >= 11 is 0. The molecule has 0 spiro atoms. The van der Waals surface area contributed by atoms with Crippen LogP contribution in [0.4, 0.5) is 0 Å². The lowest BCUT2D eigenvalue weighted by atomic mass is 10.1. The quantitative estimate of drug-likeness (QED) is 0.617. The summed E-state index contributed by atoms with van der Waals surface area (Å²) in [4.78, 5) is 3.10. The lowest BCUT2D eigenvalue weighted by Gasteiger charge is -2.16. The third-order valence-electron chi connectivity index (χ3n) is 3.07. The molecule has 2 rings (SSSR count). The Morgan fingerprint density at radius 3 is 2.85 bits per heavy atom. The molecular formula is C15H22N2O3. The van der Waals surface area contributed by atoms with Crippen LogP contribution in [-0.4, -0.2) is 40.5 Å². The first-order valence-electron chi connectivity index (χ1n) is 6.85. The molecule has 2 aromatic rings. The van der Waals surface area contributed by atoms with Crippen LogP contribution in [0.5, 0.6) is 5.75 Å². The van der Waals surface area contributed by atoms with Crippen molar-refractivity contribution >= 4 is 10.9 Å². The van der Waals surface area contributed by atoms with Gasteiger partial charge in [-0.3, -0.25) is 0 Å². The van der Waals surface area contributed by atoms with Gasteiger partial charge in [0, 0.05) is 29.7 Å². The number of hydrogen-bond acceptors (Lipinski definition) is 4. The Kier molecular flexibility index (Phi) is 5.00. The molecule has 110 valence electrons. The molecule has 0 bridgehead atoms. The molecule has 0 saturated carbocycles. The summed E-state index contributed by atoms with van der Waals surface area (Å²) in [5.74, 6) is 0.677. The second-order valence-electron chi connectivity index (χ2n) is 5.22. The standard InChI is InChI=1S/C15H22N2O3/c1-10(2)17-7-12(19)9-20-15-6-11(8-18)5-14-13(15)3-4-16-14/h3-6,10,12,16-19H,7-9H2,1-2H3. The van der Waals surface area contributed by atoms with E-state index < -0.39 is 6.10 Å². The van der Waals surface area contributed by atoms with Gasteiger partial charge < -0.3 is 25.3 Å². The van der Waals surface area contributed by atoms with Gasteiger partial charge in [0.15, 0.2) is 0 Å². The zero-order valence-corrected chi connectivity index (χ0v) is 11.9. The maximum atomic E-state index is 9.86. The first-order valence-corrected chi connectivity index (χ1v) is 6.85. The van der Waals surface area contributed by atoms with Crippen LogP contribution in [0.1, 0.15) is 19.4 Å². The van der Waals surface area contributed by atoms with E-state index in [4.69, 9.17) is 4.74 Å². The van der Waals surface area contributed by atoms with Gasteiger partial charge in [-0.1, -0.05) is 13.8 Å². The number of benzene rings is 1. The second kappa shape index (κ2) is 6.74. The molecule has 1 unspecified atom stereocenters. The summed E-state index contributed by atoms with van der Waals surface area (Å²) in [6, 6.07) is 5.95. The van der Waals surface area contributed by atoms with Crippen molar-refractivity contribution < 1.29 is 14.9 Å². The number of nitrogens with one attached hydrogen (secondary N) is 2. The molecule has 0 aliphatic rings. The van der Waals surface area contributed by atoms with E-state index in [1.54, 1.807) is 6.07 Å². The Balaban J connectivity index is 2.03. The van der Waals surface area contributed by atoms with Crippen LogP contribution in [0.2, 0.25) is 0 Å². The predicted molar refractivity (Wildman–Crippen MR) is 78.9 cm³/mol. The molecule has 0 aliphatic heterocycles. The number of aliphatic hydroxyl groups is 2. The molecule has 1 aromatic carbocycles. The van der Waals surface area contributed by atoms with Crippen LogP contribution in [0.25, 0.3) is 10.9 Å². The maximum Gasteiger partial charge on any atom is 0.129 e. The molecule has 0 fully saturated rings. The van der Waals surface area contributed by atoms with Crippen LogP contribution >= 0.6 is 0 Å². The number of fused-ring (bicyclic) bond motifs is 1. The molecule has 0 amide bonds. The highest BCUT2D eigenvalue weighted by atomic mass is 16.5. The van der Waals surface area contributed by atoms with Crippen LogP contribution in [0.3, 0.4) is 0 Å². The van der Waals surface area contributed by atoms with Gasteiger partial charge >= 0.3 is 0 Å². The number of ether oxygens (including phenoxy) is 1. The Labute approximate surface area is 118 Å². The zero-order chi connectivity index (χ0) is 14.5. The van der Waals surface area contributed by atoms with Gasteiger partial charge in [-0.25, -0.2) is 0 Å². The number of aliphatic hydroxyl groups excluding tert-OH is 2. The average molecular weight is 278 g/mol. The van der Waals surface area contributed by atoms with E-state index in [0.29, 0.717) is 18.3 Å². The predicted octanol–water partition coefficient (Wildman–Crippen LogP) is 1.40. The summed E-state index contributed by atoms with van der Waals surface area (Å²) in [5, 5.41) is 23.2. The van der Waals surface area contributed by atoms with E-state index in [0.717, 1.165) is 16.5 Å². The number of aromatic nitrogens is 1. The minimum Gasteiger partial charge on any atom is -0.490 e. The highest BCUT2D eigenvalue weighted by molar-refractivity contribution is 5.86. The monoisotopic (exact) mass is 278 g/mol. The third kappa shape index (κ3) is 3.72. The van der Waals surface area contributed by atoms with Gasteiger partial charge in [-0.05, 0) is 23.8 Å². The van der Waals surface area contributed by atoms with E-state index in [1.165, 1.54) is 0 Å². The van der Waals surface area contributed by atoms with Gasteiger partial charge in [0.1, 0.15) is 18.5 Å². The first-order chi connectivity index (χ1) is 9.60. The zero-order valence-electron chi connectivity index (χ0n) is 11.9. The Morgan fingerprint density at radius 2 is 2.15 bits per heavy atom. The molecule has 1 atom stereocenters. The van der Waals surface area contributed by atoms with E-state index in [2.05, 4.69) is 10.3 Å². The van der Waals surface area contributed by atoms with E-state index in [1.807, 2.05) is 32.2 Å². The van der Waals surface area contributed by atoms with Crippen molar-refractivity contribution in [2.45, 2.75) is 32.6 Å². The minimum absolute atomic E-state index is 0.0389. The fourth-order valence-electron chi connectivity index (χ4n) is 2.02. The highest BCUT2D eigenvalue weighted by Gasteiger charge is 2.10. The summed E-state index contributed by atoms with van der Waals surface area (Å²) < 4.78 is 5.69. The SMILES string of the molecule is CC(C)NCC(O)COc1cc(CO)cc2[nH]ccc12. The summed E-state index contributed by atoms with van der Waals surface area (Å²) in [6.45, 7) is 4.73. The van der Waals surface area contributed by atoms with E-state index in [9.17, 15) is 10.2 Å². The van der Waals surface area contributed by atoms with E-state index in [-0.39, 0.29) is 13.2 Å². The average Bonchev–Trinajstić information content (AvgIpc) is 2.90. The summed E-state index contributed by atoms with van der Waals surface area (Å²) in [7, 11) is 0. The van der Waals surface area contributed by atoms with Crippen molar-refractivity contribution in [3.05, 3.63) is 30.0 Å². The van der Waals surface area contributed by atoms with Gasteiger partial charge in [0.25, 0.3) is 0 Å². The number of H-pyrrole nitrogens is 1. The van der Waals surface area contributed by atoms with Crippen LogP contribution in [0, 0.1) is 0 Å². The fourth-order valence-corrected chi connectivity index (χ4v) is 2.02. The number of rotatable bonds is 7. The normalized spacial score (nSPS) is 13.1. The van der Waals surface area contributed by atoms with Crippen LogP contribution < -0.4 is 10.1 Å². The second-order valence-corrected chi connectivity index (χ2v) is 5.22. The van der Waals surface area contributed by atoms with Gasteiger partial charge in [0.2, 0.25) is 0 Å². The van der Waals surface area contributed by atoms with Crippen molar-refractivity contribution in [2.24, 2.45) is 0 Å². The van der Waals surface area contributed by atoms with Gasteiger partial charge in [-0.15, -0.1) is 0 Å². The van der Waals surface area contributed by atoms with Gasteiger partial charge in [-0.2, -0.15) is 0 Å². The highest BCUT2D eigenvalue weighted by Crippen LogP contribution is 2.27. The molecule has 1 heterocycles. The van der Waals surface area contributed by atoms with Crippen LogP contribution in [-0.2, 0) is 6.61 Å². The molecule has 5 heteroatoms. The first kappa shape index (κ1) is 14.8. The minimum atomic E-state index is -0.566. The van der Waals surface area contributed by atoms with E-state index >= 15 is 0 Å². The largest absolute Gasteiger partial charge is 0.490 e. The molecule has 20 heavy (non-hydrogen) atoms. The Morgan fingerprint density at radius 1 is 1.35 bits per heavy atom. The number of hydrogen-bond donors (Lipinski definition) is 4. The van der Waals surface area contributed by atoms with Gasteiger partial charge in [0.05, 0.1) is 6.61 Å². The molecule has 5 nitrogen and oxygen atoms in total. The molecule has 0 radical (unpaired) electrons. The smallest absolute Gasteiger partial charge is 0.129 e. The van der Waals surface area contributed by atoms with Crippen LogP contribution in [0.15, 0.2) is 24.4 Å². The lowest BCUT2D eigenvalue weighted by molar-refractivity contribution is 0.105. The topological polar surface area (TPSA) is 77.5 Å². The lowest BCUT2D eigenvalue weighted by Crippen LogP contribution is -2.35. The molecule has 0 saturated heterocycles. The maximum absolute atomic E-state index is 9.86. The fraction of sp³-hybridized carbons (Fsp3) is 0.467. The number of aromatic amines is 1. The third-order valence-corrected chi connectivity index (χ3v) is 3.07. The molecular weight excluding hydrogens is 256 g/mol. The van der Waals surface area contributed by atoms with Crippen molar-refractivity contribution in [3.8, 4) is 5.75 Å². The Bertz CT molecular complexity index is 551. The van der Waals surface area contributed by atoms with Crippen molar-refractivity contribution in [1.82, 2.24) is 10.3 Å². The van der Waals surface area contributed by atoms with Crippen molar-refractivity contribution in [2.75, 3.05) is 13.2 Å². The summed E-state index contributed by atoms with van der Waals surface area (Å²) in [5.41, 5.74) is 1.70. The van der Waals surface area contributed by atoms with Crippen molar-refractivity contribution in [3.63, 3.8) is 0 Å². The Hall–Kier alpha value is -1.56. The molecule has 4 N–H and O–H groups in total.